The molecule has 2 aromatic rings. The summed E-state index contributed by atoms with van der Waals surface area (Å²) in [5.74, 6) is -1.98. The van der Waals surface area contributed by atoms with Crippen LogP contribution < -0.4 is 5.32 Å². The van der Waals surface area contributed by atoms with Gasteiger partial charge in [-0.05, 0) is 17.2 Å². The Hall–Kier alpha value is -1.42. The standard InChI is InChI=1S/C14H17NO2/c1-2-10-15-14(16,17)13-9-5-7-11-6-3-4-8-12(11)13/h3-9,15-17H,2,10H2,1H3. The van der Waals surface area contributed by atoms with Crippen molar-refractivity contribution in [2.24, 2.45) is 0 Å². The van der Waals surface area contributed by atoms with Crippen molar-refractivity contribution < 1.29 is 10.2 Å². The minimum atomic E-state index is -1.98. The zero-order valence-corrected chi connectivity index (χ0v) is 9.85. The molecular weight excluding hydrogens is 214 g/mol. The predicted molar refractivity (Wildman–Crippen MR) is 68.4 cm³/mol. The number of hydrogen-bond donors (Lipinski definition) is 3. The first-order chi connectivity index (χ1) is 8.15. The van der Waals surface area contributed by atoms with E-state index in [1.165, 1.54) is 0 Å². The van der Waals surface area contributed by atoms with Gasteiger partial charge in [-0.3, -0.25) is 5.32 Å². The minimum absolute atomic E-state index is 0.490. The smallest absolute Gasteiger partial charge is 0.251 e. The van der Waals surface area contributed by atoms with Crippen molar-refractivity contribution in [1.29, 1.82) is 0 Å². The van der Waals surface area contributed by atoms with Gasteiger partial charge in [0.15, 0.2) is 0 Å². The van der Waals surface area contributed by atoms with E-state index in [-0.39, 0.29) is 0 Å². The molecule has 3 N–H and O–H groups in total. The van der Waals surface area contributed by atoms with Crippen molar-refractivity contribution in [2.45, 2.75) is 19.3 Å². The maximum atomic E-state index is 10.1. The molecule has 0 aliphatic rings. The summed E-state index contributed by atoms with van der Waals surface area (Å²) in [4.78, 5) is 0. The third-order valence-electron chi connectivity index (χ3n) is 2.79. The third-order valence-corrected chi connectivity index (χ3v) is 2.79. The molecule has 90 valence electrons. The van der Waals surface area contributed by atoms with Crippen molar-refractivity contribution >= 4 is 10.8 Å². The van der Waals surface area contributed by atoms with Gasteiger partial charge in [-0.25, -0.2) is 0 Å². The summed E-state index contributed by atoms with van der Waals surface area (Å²) in [7, 11) is 0. The van der Waals surface area contributed by atoms with Gasteiger partial charge in [0.1, 0.15) is 0 Å². The maximum Gasteiger partial charge on any atom is 0.251 e. The Morgan fingerprint density at radius 2 is 1.76 bits per heavy atom. The molecule has 0 fully saturated rings. The molecule has 0 unspecified atom stereocenters. The second-order valence-corrected chi connectivity index (χ2v) is 4.13. The quantitative estimate of drug-likeness (QED) is 0.705. The van der Waals surface area contributed by atoms with Crippen molar-refractivity contribution in [2.75, 3.05) is 6.54 Å². The molecule has 0 aliphatic heterocycles. The van der Waals surface area contributed by atoms with E-state index in [4.69, 9.17) is 0 Å². The van der Waals surface area contributed by atoms with E-state index >= 15 is 0 Å². The number of fused-ring (bicyclic) bond motifs is 1. The van der Waals surface area contributed by atoms with Crippen molar-refractivity contribution in [3.05, 3.63) is 48.0 Å². The Labute approximate surface area is 101 Å². The monoisotopic (exact) mass is 231 g/mol. The van der Waals surface area contributed by atoms with Crippen LogP contribution in [0.5, 0.6) is 0 Å². The van der Waals surface area contributed by atoms with Crippen molar-refractivity contribution in [3.63, 3.8) is 0 Å². The number of aliphatic hydroxyl groups is 2. The molecule has 17 heavy (non-hydrogen) atoms. The minimum Gasteiger partial charge on any atom is -0.350 e. The fraction of sp³-hybridized carbons (Fsp3) is 0.286. The Morgan fingerprint density at radius 3 is 2.53 bits per heavy atom. The average Bonchev–Trinajstić information content (AvgIpc) is 2.36. The fourth-order valence-corrected chi connectivity index (χ4v) is 1.92. The van der Waals surface area contributed by atoms with E-state index in [2.05, 4.69) is 5.32 Å². The van der Waals surface area contributed by atoms with Gasteiger partial charge >= 0.3 is 0 Å². The third kappa shape index (κ3) is 2.47. The molecule has 0 saturated heterocycles. The first-order valence-corrected chi connectivity index (χ1v) is 5.83. The summed E-state index contributed by atoms with van der Waals surface area (Å²) in [6.45, 7) is 2.53. The number of hydrogen-bond acceptors (Lipinski definition) is 3. The Morgan fingerprint density at radius 1 is 1.06 bits per heavy atom. The van der Waals surface area contributed by atoms with Gasteiger partial charge in [0.05, 0.1) is 0 Å². The van der Waals surface area contributed by atoms with E-state index in [1.54, 1.807) is 6.07 Å². The molecule has 2 aromatic carbocycles. The van der Waals surface area contributed by atoms with Gasteiger partial charge in [0.25, 0.3) is 5.91 Å². The molecule has 3 heteroatoms. The largest absolute Gasteiger partial charge is 0.350 e. The van der Waals surface area contributed by atoms with Crippen molar-refractivity contribution in [3.8, 4) is 0 Å². The molecule has 2 rings (SSSR count). The van der Waals surface area contributed by atoms with Gasteiger partial charge < -0.3 is 10.2 Å². The second kappa shape index (κ2) is 4.84. The van der Waals surface area contributed by atoms with Crippen LogP contribution in [-0.2, 0) is 5.91 Å². The molecule has 0 aromatic heterocycles. The van der Waals surface area contributed by atoms with Crippen LogP contribution in [0.3, 0.4) is 0 Å². The van der Waals surface area contributed by atoms with Crippen LogP contribution in [0.2, 0.25) is 0 Å². The SMILES string of the molecule is CCCNC(O)(O)c1cccc2ccccc12. The highest BCUT2D eigenvalue weighted by Crippen LogP contribution is 2.25. The highest BCUT2D eigenvalue weighted by atomic mass is 16.5. The van der Waals surface area contributed by atoms with Gasteiger partial charge in [0, 0.05) is 12.1 Å². The Kier molecular flexibility index (Phi) is 3.43. The molecule has 0 atom stereocenters. The molecule has 0 amide bonds. The summed E-state index contributed by atoms with van der Waals surface area (Å²) < 4.78 is 0. The number of benzene rings is 2. The maximum absolute atomic E-state index is 10.1. The summed E-state index contributed by atoms with van der Waals surface area (Å²) in [6.07, 6.45) is 0.841. The second-order valence-electron chi connectivity index (χ2n) is 4.13. The van der Waals surface area contributed by atoms with Crippen LogP contribution in [0.15, 0.2) is 42.5 Å². The van der Waals surface area contributed by atoms with Gasteiger partial charge in [-0.1, -0.05) is 49.4 Å². The summed E-state index contributed by atoms with van der Waals surface area (Å²) >= 11 is 0. The van der Waals surface area contributed by atoms with Crippen LogP contribution >= 0.6 is 0 Å². The van der Waals surface area contributed by atoms with Crippen LogP contribution in [0.1, 0.15) is 18.9 Å². The molecule has 0 bridgehead atoms. The topological polar surface area (TPSA) is 52.5 Å². The van der Waals surface area contributed by atoms with Crippen LogP contribution in [-0.4, -0.2) is 16.8 Å². The predicted octanol–water partition coefficient (Wildman–Crippen LogP) is 1.93. The molecule has 0 heterocycles. The first-order valence-electron chi connectivity index (χ1n) is 5.83. The van der Waals surface area contributed by atoms with E-state index < -0.39 is 5.91 Å². The summed E-state index contributed by atoms with van der Waals surface area (Å²) in [5, 5.41) is 24.7. The van der Waals surface area contributed by atoms with Crippen LogP contribution in [0.25, 0.3) is 10.8 Å². The van der Waals surface area contributed by atoms with E-state index in [0.29, 0.717) is 12.1 Å². The lowest BCUT2D eigenvalue weighted by Crippen LogP contribution is -2.42. The highest BCUT2D eigenvalue weighted by molar-refractivity contribution is 5.86. The number of rotatable bonds is 4. The normalized spacial score (nSPS) is 11.9. The molecular formula is C14H17NO2. The summed E-state index contributed by atoms with van der Waals surface area (Å²) in [6, 6.07) is 13.2. The van der Waals surface area contributed by atoms with Gasteiger partial charge in [-0.2, -0.15) is 0 Å². The molecule has 0 aliphatic carbocycles. The Bertz CT molecular complexity index is 503. The number of nitrogens with one attached hydrogen (secondary N) is 1. The molecule has 0 spiro atoms. The van der Waals surface area contributed by atoms with Crippen LogP contribution in [0.4, 0.5) is 0 Å². The fourth-order valence-electron chi connectivity index (χ4n) is 1.92. The van der Waals surface area contributed by atoms with Gasteiger partial charge in [0.2, 0.25) is 0 Å². The molecule has 3 nitrogen and oxygen atoms in total. The molecule has 0 saturated carbocycles. The zero-order chi connectivity index (χ0) is 12.3. The summed E-state index contributed by atoms with van der Waals surface area (Å²) in [5.41, 5.74) is 0.490. The van der Waals surface area contributed by atoms with E-state index in [1.807, 2.05) is 43.3 Å². The van der Waals surface area contributed by atoms with Crippen LogP contribution in [0, 0.1) is 0 Å². The first kappa shape index (κ1) is 12.0. The van der Waals surface area contributed by atoms with Gasteiger partial charge in [-0.15, -0.1) is 0 Å². The average molecular weight is 231 g/mol. The highest BCUT2D eigenvalue weighted by Gasteiger charge is 2.26. The Balaban J connectivity index is 2.47. The van der Waals surface area contributed by atoms with E-state index in [9.17, 15) is 10.2 Å². The lowest BCUT2D eigenvalue weighted by molar-refractivity contribution is -0.193. The van der Waals surface area contributed by atoms with Crippen molar-refractivity contribution in [1.82, 2.24) is 5.32 Å². The van der Waals surface area contributed by atoms with E-state index in [0.717, 1.165) is 17.2 Å². The molecule has 0 radical (unpaired) electrons. The lowest BCUT2D eigenvalue weighted by Gasteiger charge is -2.24. The lowest BCUT2D eigenvalue weighted by atomic mass is 10.0. The zero-order valence-electron chi connectivity index (χ0n) is 9.85.